The van der Waals surface area contributed by atoms with Crippen molar-refractivity contribution in [3.05, 3.63) is 46.6 Å². The molecule has 0 amide bonds. The molecular formula is C16H19N3O4S2. The molecule has 0 bridgehead atoms. The number of hydrogen-bond donors (Lipinski definition) is 1. The molecule has 0 spiro atoms. The molecule has 0 radical (unpaired) electrons. The number of rotatable bonds is 5. The van der Waals surface area contributed by atoms with Crippen molar-refractivity contribution < 1.29 is 18.3 Å². The highest BCUT2D eigenvalue weighted by Gasteiger charge is 2.30. The van der Waals surface area contributed by atoms with Crippen LogP contribution in [-0.2, 0) is 16.6 Å². The lowest BCUT2D eigenvalue weighted by Gasteiger charge is -2.33. The van der Waals surface area contributed by atoms with Gasteiger partial charge in [-0.25, -0.2) is 13.2 Å². The molecule has 3 heterocycles. The number of aromatic nitrogens is 1. The SMILES string of the molecule is Cc1cccc(CN2CCN(S(=O)(=O)c3cc(C(=O)O)cs3)CC2)n1. The van der Waals surface area contributed by atoms with Crippen molar-refractivity contribution in [3.8, 4) is 0 Å². The van der Waals surface area contributed by atoms with Crippen molar-refractivity contribution in [1.29, 1.82) is 0 Å². The summed E-state index contributed by atoms with van der Waals surface area (Å²) in [6.45, 7) is 4.64. The average Bonchev–Trinajstić information content (AvgIpc) is 3.06. The van der Waals surface area contributed by atoms with Crippen molar-refractivity contribution in [2.75, 3.05) is 26.2 Å². The fraction of sp³-hybridized carbons (Fsp3) is 0.375. The molecule has 134 valence electrons. The van der Waals surface area contributed by atoms with Crippen LogP contribution in [0.1, 0.15) is 21.7 Å². The minimum Gasteiger partial charge on any atom is -0.478 e. The lowest BCUT2D eigenvalue weighted by molar-refractivity contribution is 0.0697. The van der Waals surface area contributed by atoms with Crippen molar-refractivity contribution in [2.45, 2.75) is 17.7 Å². The van der Waals surface area contributed by atoms with E-state index < -0.39 is 16.0 Å². The van der Waals surface area contributed by atoms with Crippen LogP contribution in [0.4, 0.5) is 0 Å². The molecule has 0 unspecified atom stereocenters. The highest BCUT2D eigenvalue weighted by atomic mass is 32.2. The zero-order chi connectivity index (χ0) is 18.0. The monoisotopic (exact) mass is 381 g/mol. The van der Waals surface area contributed by atoms with Crippen LogP contribution in [0.25, 0.3) is 0 Å². The molecule has 3 rings (SSSR count). The molecule has 0 aromatic carbocycles. The third kappa shape index (κ3) is 4.06. The summed E-state index contributed by atoms with van der Waals surface area (Å²) in [5.74, 6) is -1.12. The molecule has 25 heavy (non-hydrogen) atoms. The Kier molecular flexibility index (Phi) is 5.19. The molecule has 2 aromatic heterocycles. The summed E-state index contributed by atoms with van der Waals surface area (Å²) < 4.78 is 26.8. The number of aromatic carboxylic acids is 1. The third-order valence-corrected chi connectivity index (χ3v) is 7.39. The van der Waals surface area contributed by atoms with Crippen LogP contribution in [0.5, 0.6) is 0 Å². The Bertz CT molecular complexity index is 871. The molecule has 1 saturated heterocycles. The summed E-state index contributed by atoms with van der Waals surface area (Å²) in [6, 6.07) is 7.11. The van der Waals surface area contributed by atoms with E-state index in [1.807, 2.05) is 25.1 Å². The van der Waals surface area contributed by atoms with E-state index in [1.54, 1.807) is 0 Å². The van der Waals surface area contributed by atoms with Gasteiger partial charge in [0.05, 0.1) is 11.3 Å². The van der Waals surface area contributed by atoms with Crippen LogP contribution in [0.3, 0.4) is 0 Å². The fourth-order valence-electron chi connectivity index (χ4n) is 2.74. The summed E-state index contributed by atoms with van der Waals surface area (Å²) in [7, 11) is -3.63. The minimum absolute atomic E-state index is 0.00716. The number of carboxylic acids is 1. The maximum atomic E-state index is 12.6. The highest BCUT2D eigenvalue weighted by molar-refractivity contribution is 7.91. The molecular weight excluding hydrogens is 362 g/mol. The minimum atomic E-state index is -3.63. The zero-order valence-corrected chi connectivity index (χ0v) is 15.4. The van der Waals surface area contributed by atoms with Gasteiger partial charge in [-0.2, -0.15) is 4.31 Å². The standard InChI is InChI=1S/C16H19N3O4S2/c1-12-3-2-4-14(17-12)10-18-5-7-19(8-6-18)25(22,23)15-9-13(11-24-15)16(20)21/h2-4,9,11H,5-8,10H2,1H3,(H,20,21). The summed E-state index contributed by atoms with van der Waals surface area (Å²) >= 11 is 0.949. The first-order chi connectivity index (χ1) is 11.9. The van der Waals surface area contributed by atoms with Gasteiger partial charge in [-0.1, -0.05) is 6.07 Å². The Balaban J connectivity index is 1.63. The van der Waals surface area contributed by atoms with Crippen LogP contribution in [0, 0.1) is 6.92 Å². The van der Waals surface area contributed by atoms with E-state index in [0.717, 1.165) is 22.7 Å². The number of nitrogens with zero attached hydrogens (tertiary/aromatic N) is 3. The van der Waals surface area contributed by atoms with E-state index in [4.69, 9.17) is 5.11 Å². The summed E-state index contributed by atoms with van der Waals surface area (Å²) in [5.41, 5.74) is 1.94. The molecule has 1 aliphatic rings. The first kappa shape index (κ1) is 18.0. The van der Waals surface area contributed by atoms with Gasteiger partial charge in [0.1, 0.15) is 4.21 Å². The Hall–Kier alpha value is -1.81. The summed E-state index contributed by atoms with van der Waals surface area (Å²) in [4.78, 5) is 17.6. The van der Waals surface area contributed by atoms with Gasteiger partial charge in [-0.15, -0.1) is 11.3 Å². The predicted molar refractivity (Wildman–Crippen MR) is 94.3 cm³/mol. The van der Waals surface area contributed by atoms with Crippen LogP contribution in [0.2, 0.25) is 0 Å². The molecule has 9 heteroatoms. The molecule has 0 atom stereocenters. The third-order valence-electron chi connectivity index (χ3n) is 4.08. The van der Waals surface area contributed by atoms with Gasteiger partial charge in [0, 0.05) is 43.8 Å². The second kappa shape index (κ2) is 7.20. The van der Waals surface area contributed by atoms with Gasteiger partial charge in [-0.05, 0) is 25.1 Å². The van der Waals surface area contributed by atoms with Crippen LogP contribution >= 0.6 is 11.3 Å². The number of carbonyl (C=O) groups is 1. The van der Waals surface area contributed by atoms with Crippen LogP contribution < -0.4 is 0 Å². The highest BCUT2D eigenvalue weighted by Crippen LogP contribution is 2.25. The van der Waals surface area contributed by atoms with Crippen LogP contribution in [0.15, 0.2) is 33.9 Å². The van der Waals surface area contributed by atoms with Gasteiger partial charge in [0.25, 0.3) is 10.0 Å². The quantitative estimate of drug-likeness (QED) is 0.847. The first-order valence-electron chi connectivity index (χ1n) is 7.83. The van der Waals surface area contributed by atoms with Crippen LogP contribution in [-0.4, -0.2) is 59.9 Å². The number of sulfonamides is 1. The van der Waals surface area contributed by atoms with E-state index in [1.165, 1.54) is 15.8 Å². The topological polar surface area (TPSA) is 90.8 Å². The van der Waals surface area contributed by atoms with Crippen molar-refractivity contribution >= 4 is 27.3 Å². The normalized spacial score (nSPS) is 16.8. The Morgan fingerprint density at radius 3 is 2.60 bits per heavy atom. The average molecular weight is 381 g/mol. The van der Waals surface area contributed by atoms with Gasteiger partial charge in [0.2, 0.25) is 0 Å². The molecule has 2 aromatic rings. The number of piperazine rings is 1. The maximum absolute atomic E-state index is 12.6. The fourth-order valence-corrected chi connectivity index (χ4v) is 5.46. The summed E-state index contributed by atoms with van der Waals surface area (Å²) in [6.07, 6.45) is 0. The number of hydrogen-bond acceptors (Lipinski definition) is 6. The molecule has 1 aliphatic heterocycles. The second-order valence-corrected chi connectivity index (χ2v) is 8.99. The second-order valence-electron chi connectivity index (χ2n) is 5.91. The molecule has 1 N–H and O–H groups in total. The van der Waals surface area contributed by atoms with E-state index in [0.29, 0.717) is 32.7 Å². The molecule has 0 saturated carbocycles. The lowest BCUT2D eigenvalue weighted by Crippen LogP contribution is -2.48. The van der Waals surface area contributed by atoms with E-state index in [2.05, 4.69) is 9.88 Å². The molecule has 0 aliphatic carbocycles. The predicted octanol–water partition coefficient (Wildman–Crippen LogP) is 1.66. The van der Waals surface area contributed by atoms with Crippen molar-refractivity contribution in [1.82, 2.24) is 14.2 Å². The van der Waals surface area contributed by atoms with Gasteiger partial charge >= 0.3 is 5.97 Å². The number of carboxylic acid groups (broad SMARTS) is 1. The van der Waals surface area contributed by atoms with Gasteiger partial charge in [-0.3, -0.25) is 9.88 Å². The van der Waals surface area contributed by atoms with Crippen molar-refractivity contribution in [2.24, 2.45) is 0 Å². The maximum Gasteiger partial charge on any atom is 0.336 e. The summed E-state index contributed by atoms with van der Waals surface area (Å²) in [5, 5.41) is 10.3. The number of aryl methyl sites for hydroxylation is 1. The van der Waals surface area contributed by atoms with E-state index >= 15 is 0 Å². The largest absolute Gasteiger partial charge is 0.478 e. The number of pyridine rings is 1. The van der Waals surface area contributed by atoms with E-state index in [9.17, 15) is 13.2 Å². The Morgan fingerprint density at radius 1 is 1.28 bits per heavy atom. The Labute approximate surface area is 150 Å². The first-order valence-corrected chi connectivity index (χ1v) is 10.1. The number of thiophene rings is 1. The van der Waals surface area contributed by atoms with Crippen molar-refractivity contribution in [3.63, 3.8) is 0 Å². The molecule has 7 nitrogen and oxygen atoms in total. The van der Waals surface area contributed by atoms with E-state index in [-0.39, 0.29) is 9.77 Å². The Morgan fingerprint density at radius 2 is 2.00 bits per heavy atom. The molecule has 1 fully saturated rings. The van der Waals surface area contributed by atoms with Gasteiger partial charge < -0.3 is 5.11 Å². The zero-order valence-electron chi connectivity index (χ0n) is 13.8. The lowest BCUT2D eigenvalue weighted by atomic mass is 10.2. The smallest absolute Gasteiger partial charge is 0.336 e. The van der Waals surface area contributed by atoms with Gasteiger partial charge in [0.15, 0.2) is 0 Å².